The van der Waals surface area contributed by atoms with Gasteiger partial charge in [-0.15, -0.1) is 0 Å². The van der Waals surface area contributed by atoms with Crippen molar-refractivity contribution < 1.29 is 18.6 Å². The summed E-state index contributed by atoms with van der Waals surface area (Å²) in [5, 5.41) is 5.08. The van der Waals surface area contributed by atoms with Crippen molar-refractivity contribution in [1.82, 2.24) is 20.3 Å². The molecule has 7 rings (SSSR count). The van der Waals surface area contributed by atoms with Crippen LogP contribution in [0.15, 0.2) is 36.7 Å². The number of halogens is 1. The van der Waals surface area contributed by atoms with E-state index in [1.165, 1.54) is 70.5 Å². The summed E-state index contributed by atoms with van der Waals surface area (Å²) in [6, 6.07) is 10.3. The molecule has 0 aliphatic heterocycles. The van der Waals surface area contributed by atoms with Crippen molar-refractivity contribution >= 4 is 21.8 Å². The van der Waals surface area contributed by atoms with Crippen LogP contribution in [0.1, 0.15) is 82.7 Å². The molecule has 7 nitrogen and oxygen atoms in total. The molecule has 2 heterocycles. The third-order valence-corrected chi connectivity index (χ3v) is 9.90. The summed E-state index contributed by atoms with van der Waals surface area (Å²) in [5.41, 5.74) is 2.10. The molecule has 0 bridgehead atoms. The molecule has 3 saturated carbocycles. The molecule has 3 aliphatic carbocycles. The number of rotatable bonds is 8. The van der Waals surface area contributed by atoms with E-state index in [1.54, 1.807) is 19.2 Å². The fraction of sp³-hybridized carbons (Fsp3) is 0.529. The number of nitrogens with zero attached hydrogens (tertiary/aromatic N) is 2. The summed E-state index contributed by atoms with van der Waals surface area (Å²) in [6.07, 6.45) is 16.3. The summed E-state index contributed by atoms with van der Waals surface area (Å²) >= 11 is 0. The van der Waals surface area contributed by atoms with Gasteiger partial charge in [0.25, 0.3) is 0 Å². The van der Waals surface area contributed by atoms with Crippen molar-refractivity contribution in [2.24, 2.45) is 5.92 Å². The van der Waals surface area contributed by atoms with E-state index in [0.29, 0.717) is 45.8 Å². The molecular weight excluding hydrogens is 531 g/mol. The quantitative estimate of drug-likeness (QED) is 0.222. The zero-order valence-corrected chi connectivity index (χ0v) is 24.7. The van der Waals surface area contributed by atoms with Crippen LogP contribution in [0.5, 0.6) is 23.1 Å². The Kier molecular flexibility index (Phi) is 7.42. The first-order chi connectivity index (χ1) is 20.5. The van der Waals surface area contributed by atoms with Gasteiger partial charge in [-0.05, 0) is 82.6 Å². The summed E-state index contributed by atoms with van der Waals surface area (Å²) in [5.74, 6) is 1.81. The van der Waals surface area contributed by atoms with Crippen LogP contribution >= 0.6 is 0 Å². The fourth-order valence-electron chi connectivity index (χ4n) is 7.58. The van der Waals surface area contributed by atoms with Crippen molar-refractivity contribution in [2.45, 2.75) is 102 Å². The van der Waals surface area contributed by atoms with Gasteiger partial charge in [0.05, 0.1) is 18.0 Å². The highest BCUT2D eigenvalue weighted by atomic mass is 19.1. The van der Waals surface area contributed by atoms with Crippen LogP contribution in [0.2, 0.25) is 0 Å². The predicted octanol–water partition coefficient (Wildman–Crippen LogP) is 8.14. The van der Waals surface area contributed by atoms with Crippen molar-refractivity contribution in [3.05, 3.63) is 48.2 Å². The SMILES string of the molecule is COc1cc2c(Oc3ccc4[nH]c(C)cc4c3F)ncnc2cc1OC1(C2CC(NC3CCCCC3)C2)CCCCC1. The molecule has 0 radical (unpaired) electrons. The molecule has 0 atom stereocenters. The number of fused-ring (bicyclic) bond motifs is 2. The lowest BCUT2D eigenvalue weighted by atomic mass is 9.64. The Morgan fingerprint density at radius 3 is 2.45 bits per heavy atom. The lowest BCUT2D eigenvalue weighted by Gasteiger charge is -2.51. The number of ether oxygens (including phenoxy) is 3. The third kappa shape index (κ3) is 5.19. The number of H-pyrrole nitrogens is 1. The first kappa shape index (κ1) is 27.4. The second-order valence-electron chi connectivity index (χ2n) is 12.7. The normalized spacial score (nSPS) is 22.6. The molecule has 3 fully saturated rings. The van der Waals surface area contributed by atoms with E-state index in [1.807, 2.05) is 25.1 Å². The molecule has 4 aromatic rings. The third-order valence-electron chi connectivity index (χ3n) is 9.90. The van der Waals surface area contributed by atoms with E-state index >= 15 is 4.39 Å². The first-order valence-corrected chi connectivity index (χ1v) is 15.7. The van der Waals surface area contributed by atoms with Crippen molar-refractivity contribution in [1.29, 1.82) is 0 Å². The zero-order chi connectivity index (χ0) is 28.7. The van der Waals surface area contributed by atoms with Gasteiger partial charge in [-0.2, -0.15) is 0 Å². The number of hydrogen-bond donors (Lipinski definition) is 2. The van der Waals surface area contributed by atoms with Crippen LogP contribution in [-0.4, -0.2) is 39.7 Å². The zero-order valence-electron chi connectivity index (χ0n) is 24.7. The second kappa shape index (κ2) is 11.4. The molecule has 2 aromatic heterocycles. The maximum Gasteiger partial charge on any atom is 0.230 e. The van der Waals surface area contributed by atoms with Gasteiger partial charge in [0.15, 0.2) is 23.1 Å². The molecule has 222 valence electrons. The van der Waals surface area contributed by atoms with Crippen LogP contribution in [0, 0.1) is 18.7 Å². The van der Waals surface area contributed by atoms with Gasteiger partial charge in [0.2, 0.25) is 5.88 Å². The largest absolute Gasteiger partial charge is 0.493 e. The van der Waals surface area contributed by atoms with Crippen LogP contribution in [-0.2, 0) is 0 Å². The van der Waals surface area contributed by atoms with E-state index in [4.69, 9.17) is 14.2 Å². The number of nitrogens with one attached hydrogen (secondary N) is 2. The van der Waals surface area contributed by atoms with E-state index in [0.717, 1.165) is 24.1 Å². The molecule has 8 heteroatoms. The number of aromatic amines is 1. The fourth-order valence-corrected chi connectivity index (χ4v) is 7.58. The highest BCUT2D eigenvalue weighted by Crippen LogP contribution is 2.49. The monoisotopic (exact) mass is 572 g/mol. The number of benzene rings is 2. The minimum Gasteiger partial charge on any atom is -0.493 e. The molecule has 0 saturated heterocycles. The van der Waals surface area contributed by atoms with Crippen LogP contribution in [0.4, 0.5) is 4.39 Å². The van der Waals surface area contributed by atoms with Crippen molar-refractivity contribution in [2.75, 3.05) is 7.11 Å². The Morgan fingerprint density at radius 1 is 0.881 bits per heavy atom. The average Bonchev–Trinajstić information content (AvgIpc) is 3.38. The lowest BCUT2D eigenvalue weighted by Crippen LogP contribution is -2.57. The van der Waals surface area contributed by atoms with Gasteiger partial charge < -0.3 is 24.5 Å². The van der Waals surface area contributed by atoms with E-state index in [2.05, 4.69) is 20.3 Å². The Bertz CT molecular complexity index is 1570. The molecule has 3 aliphatic rings. The number of aromatic nitrogens is 3. The summed E-state index contributed by atoms with van der Waals surface area (Å²) in [4.78, 5) is 12.0. The summed E-state index contributed by atoms with van der Waals surface area (Å²) in [7, 11) is 1.65. The first-order valence-electron chi connectivity index (χ1n) is 15.7. The Labute approximate surface area is 246 Å². The minimum absolute atomic E-state index is 0.114. The van der Waals surface area contributed by atoms with Crippen LogP contribution in [0.3, 0.4) is 0 Å². The standard InChI is InChI=1S/C34H41FN4O3/c1-21-15-25-27(38-21)11-12-29(32(25)35)41-33-26-18-30(40-2)31(19-28(26)36-20-37-33)42-34(13-7-4-8-14-34)22-16-24(17-22)39-23-9-5-3-6-10-23/h11-12,15,18-20,22-24,38-39H,3-10,13-14,16-17H2,1-2H3. The summed E-state index contributed by atoms with van der Waals surface area (Å²) in [6.45, 7) is 1.90. The van der Waals surface area contributed by atoms with E-state index in [9.17, 15) is 0 Å². The smallest absolute Gasteiger partial charge is 0.230 e. The molecule has 0 spiro atoms. The van der Waals surface area contributed by atoms with E-state index < -0.39 is 5.82 Å². The number of hydrogen-bond acceptors (Lipinski definition) is 6. The molecular formula is C34H41FN4O3. The van der Waals surface area contributed by atoms with Gasteiger partial charge >= 0.3 is 0 Å². The van der Waals surface area contributed by atoms with Crippen LogP contribution in [0.25, 0.3) is 21.8 Å². The maximum atomic E-state index is 15.3. The number of methoxy groups -OCH3 is 1. The van der Waals surface area contributed by atoms with Crippen molar-refractivity contribution in [3.63, 3.8) is 0 Å². The van der Waals surface area contributed by atoms with E-state index in [-0.39, 0.29) is 17.2 Å². The highest BCUT2D eigenvalue weighted by Gasteiger charge is 2.49. The lowest BCUT2D eigenvalue weighted by molar-refractivity contribution is -0.0678. The Hall–Kier alpha value is -3.39. The Morgan fingerprint density at radius 2 is 1.67 bits per heavy atom. The summed E-state index contributed by atoms with van der Waals surface area (Å²) < 4.78 is 34.2. The maximum absolute atomic E-state index is 15.3. The van der Waals surface area contributed by atoms with Gasteiger partial charge in [-0.25, -0.2) is 14.4 Å². The molecule has 2 aromatic carbocycles. The van der Waals surface area contributed by atoms with Gasteiger partial charge in [0, 0.05) is 40.7 Å². The molecule has 0 amide bonds. The van der Waals surface area contributed by atoms with Gasteiger partial charge in [-0.1, -0.05) is 25.7 Å². The predicted molar refractivity (Wildman–Crippen MR) is 162 cm³/mol. The Balaban J connectivity index is 1.14. The average molecular weight is 573 g/mol. The van der Waals surface area contributed by atoms with Gasteiger partial charge in [0.1, 0.15) is 11.9 Å². The molecule has 2 N–H and O–H groups in total. The molecule has 42 heavy (non-hydrogen) atoms. The van der Waals surface area contributed by atoms with Crippen LogP contribution < -0.4 is 19.5 Å². The number of aryl methyl sites for hydroxylation is 1. The minimum atomic E-state index is -0.424. The van der Waals surface area contributed by atoms with Gasteiger partial charge in [-0.3, -0.25) is 0 Å². The second-order valence-corrected chi connectivity index (χ2v) is 12.7. The molecule has 0 unspecified atom stereocenters. The topological polar surface area (TPSA) is 81.3 Å². The highest BCUT2D eigenvalue weighted by molar-refractivity contribution is 5.87. The van der Waals surface area contributed by atoms with Crippen molar-refractivity contribution in [3.8, 4) is 23.1 Å².